The molecule has 1 fully saturated rings. The van der Waals surface area contributed by atoms with Crippen LogP contribution in [0.4, 0.5) is 5.69 Å². The normalized spacial score (nSPS) is 19.1. The van der Waals surface area contributed by atoms with E-state index in [1.165, 1.54) is 6.20 Å². The van der Waals surface area contributed by atoms with Gasteiger partial charge < -0.3 is 20.5 Å². The van der Waals surface area contributed by atoms with Crippen LogP contribution in [0.3, 0.4) is 0 Å². The molecule has 2 heterocycles. The summed E-state index contributed by atoms with van der Waals surface area (Å²) in [5, 5.41) is 2.76. The molecule has 20 heavy (non-hydrogen) atoms. The number of carbonyl (C=O) groups excluding carboxylic acids is 1. The monoisotopic (exact) mass is 280 g/mol. The number of aromatic nitrogens is 2. The Kier molecular flexibility index (Phi) is 4.86. The SMILES string of the molecule is CC(C)c1ncc(N)c(C(=O)NCC2COCCO2)n1. The highest BCUT2D eigenvalue weighted by Gasteiger charge is 2.18. The van der Waals surface area contributed by atoms with Crippen LogP contribution in [0.2, 0.25) is 0 Å². The van der Waals surface area contributed by atoms with Crippen LogP contribution in [0, 0.1) is 0 Å². The van der Waals surface area contributed by atoms with E-state index in [9.17, 15) is 4.79 Å². The topological polar surface area (TPSA) is 99.4 Å². The van der Waals surface area contributed by atoms with E-state index in [-0.39, 0.29) is 29.3 Å². The fourth-order valence-electron chi connectivity index (χ4n) is 1.81. The Hall–Kier alpha value is -1.73. The quantitative estimate of drug-likeness (QED) is 0.824. The number of hydrogen-bond acceptors (Lipinski definition) is 6. The third-order valence-electron chi connectivity index (χ3n) is 2.94. The predicted octanol–water partition coefficient (Wildman–Crippen LogP) is 0.327. The molecule has 110 valence electrons. The molecule has 0 radical (unpaired) electrons. The molecule has 0 aromatic carbocycles. The van der Waals surface area contributed by atoms with Gasteiger partial charge in [0.05, 0.1) is 37.8 Å². The molecule has 1 atom stereocenters. The molecule has 1 unspecified atom stereocenters. The molecule has 1 aromatic heterocycles. The fourth-order valence-corrected chi connectivity index (χ4v) is 1.81. The average Bonchev–Trinajstić information content (AvgIpc) is 2.46. The highest BCUT2D eigenvalue weighted by molar-refractivity contribution is 5.96. The van der Waals surface area contributed by atoms with Gasteiger partial charge in [-0.2, -0.15) is 0 Å². The Morgan fingerprint density at radius 3 is 3.00 bits per heavy atom. The maximum absolute atomic E-state index is 12.1. The Morgan fingerprint density at radius 2 is 2.35 bits per heavy atom. The van der Waals surface area contributed by atoms with Crippen molar-refractivity contribution < 1.29 is 14.3 Å². The van der Waals surface area contributed by atoms with Crippen LogP contribution in [0.15, 0.2) is 6.20 Å². The molecule has 2 rings (SSSR count). The van der Waals surface area contributed by atoms with Crippen LogP contribution in [-0.4, -0.2) is 48.3 Å². The summed E-state index contributed by atoms with van der Waals surface area (Å²) < 4.78 is 10.7. The van der Waals surface area contributed by atoms with Crippen LogP contribution in [-0.2, 0) is 9.47 Å². The van der Waals surface area contributed by atoms with Gasteiger partial charge in [0.2, 0.25) is 0 Å². The maximum Gasteiger partial charge on any atom is 0.272 e. The van der Waals surface area contributed by atoms with Gasteiger partial charge in [0.15, 0.2) is 5.69 Å². The van der Waals surface area contributed by atoms with Crippen molar-refractivity contribution in [3.8, 4) is 0 Å². The Balaban J connectivity index is 1.99. The van der Waals surface area contributed by atoms with Crippen LogP contribution in [0.25, 0.3) is 0 Å². The highest BCUT2D eigenvalue weighted by atomic mass is 16.6. The van der Waals surface area contributed by atoms with E-state index in [0.29, 0.717) is 32.2 Å². The molecule has 0 aliphatic carbocycles. The van der Waals surface area contributed by atoms with Crippen LogP contribution in [0.1, 0.15) is 36.1 Å². The first kappa shape index (κ1) is 14.7. The van der Waals surface area contributed by atoms with Crippen molar-refractivity contribution in [2.24, 2.45) is 0 Å². The van der Waals surface area contributed by atoms with Crippen molar-refractivity contribution in [1.82, 2.24) is 15.3 Å². The van der Waals surface area contributed by atoms with E-state index >= 15 is 0 Å². The first-order valence-corrected chi connectivity index (χ1v) is 6.68. The Morgan fingerprint density at radius 1 is 1.55 bits per heavy atom. The van der Waals surface area contributed by atoms with Crippen LogP contribution in [0.5, 0.6) is 0 Å². The summed E-state index contributed by atoms with van der Waals surface area (Å²) in [7, 11) is 0. The first-order valence-electron chi connectivity index (χ1n) is 6.68. The number of ether oxygens (including phenoxy) is 2. The number of carbonyl (C=O) groups is 1. The van der Waals surface area contributed by atoms with Gasteiger partial charge in [-0.05, 0) is 0 Å². The number of hydrogen-bond donors (Lipinski definition) is 2. The summed E-state index contributed by atoms with van der Waals surface area (Å²) >= 11 is 0. The lowest BCUT2D eigenvalue weighted by atomic mass is 10.2. The summed E-state index contributed by atoms with van der Waals surface area (Å²) in [4.78, 5) is 20.4. The smallest absolute Gasteiger partial charge is 0.272 e. The van der Waals surface area contributed by atoms with Gasteiger partial charge in [-0.25, -0.2) is 9.97 Å². The van der Waals surface area contributed by atoms with E-state index < -0.39 is 0 Å². The molecule has 1 amide bonds. The van der Waals surface area contributed by atoms with Crippen molar-refractivity contribution in [2.75, 3.05) is 32.1 Å². The lowest BCUT2D eigenvalue weighted by Gasteiger charge is -2.23. The summed E-state index contributed by atoms with van der Waals surface area (Å²) in [6.07, 6.45) is 1.35. The van der Waals surface area contributed by atoms with E-state index in [4.69, 9.17) is 15.2 Å². The lowest BCUT2D eigenvalue weighted by Crippen LogP contribution is -2.40. The van der Waals surface area contributed by atoms with Crippen molar-refractivity contribution in [1.29, 1.82) is 0 Å². The van der Waals surface area contributed by atoms with Crippen molar-refractivity contribution in [3.63, 3.8) is 0 Å². The molecular formula is C13H20N4O3. The minimum atomic E-state index is -0.319. The van der Waals surface area contributed by atoms with E-state index in [1.54, 1.807) is 0 Å². The Labute approximate surface area is 117 Å². The maximum atomic E-state index is 12.1. The van der Waals surface area contributed by atoms with Crippen LogP contribution < -0.4 is 11.1 Å². The molecule has 1 aliphatic rings. The molecular weight excluding hydrogens is 260 g/mol. The molecule has 3 N–H and O–H groups in total. The number of nitrogens with two attached hydrogens (primary N) is 1. The lowest BCUT2D eigenvalue weighted by molar-refractivity contribution is -0.0855. The third-order valence-corrected chi connectivity index (χ3v) is 2.94. The number of amides is 1. The Bertz CT molecular complexity index is 473. The van der Waals surface area contributed by atoms with E-state index in [1.807, 2.05) is 13.8 Å². The highest BCUT2D eigenvalue weighted by Crippen LogP contribution is 2.13. The summed E-state index contributed by atoms with van der Waals surface area (Å²) in [6, 6.07) is 0. The standard InChI is InChI=1S/C13H20N4O3/c1-8(2)12-15-6-10(14)11(17-12)13(18)16-5-9-7-19-3-4-20-9/h6,8-9H,3-5,7,14H2,1-2H3,(H,16,18). The molecule has 1 aliphatic heterocycles. The van der Waals surface area contributed by atoms with Crippen molar-refractivity contribution >= 4 is 11.6 Å². The number of nitrogens with one attached hydrogen (secondary N) is 1. The van der Waals surface area contributed by atoms with Gasteiger partial charge in [-0.3, -0.25) is 4.79 Å². The summed E-state index contributed by atoms with van der Waals surface area (Å²) in [5.41, 5.74) is 6.24. The minimum absolute atomic E-state index is 0.125. The zero-order valence-corrected chi connectivity index (χ0v) is 11.8. The molecule has 0 saturated carbocycles. The van der Waals surface area contributed by atoms with E-state index in [2.05, 4.69) is 15.3 Å². The second-order valence-electron chi connectivity index (χ2n) is 4.96. The van der Waals surface area contributed by atoms with Gasteiger partial charge in [-0.15, -0.1) is 0 Å². The molecule has 1 saturated heterocycles. The van der Waals surface area contributed by atoms with Gasteiger partial charge in [-0.1, -0.05) is 13.8 Å². The largest absolute Gasteiger partial charge is 0.396 e. The van der Waals surface area contributed by atoms with Gasteiger partial charge in [0.1, 0.15) is 5.82 Å². The zero-order chi connectivity index (χ0) is 14.5. The third kappa shape index (κ3) is 3.64. The van der Waals surface area contributed by atoms with Crippen molar-refractivity contribution in [3.05, 3.63) is 17.7 Å². The van der Waals surface area contributed by atoms with Gasteiger partial charge >= 0.3 is 0 Å². The van der Waals surface area contributed by atoms with Gasteiger partial charge in [0, 0.05) is 12.5 Å². The summed E-state index contributed by atoms with van der Waals surface area (Å²) in [6.45, 7) is 5.92. The molecule has 0 spiro atoms. The average molecular weight is 280 g/mol. The van der Waals surface area contributed by atoms with E-state index in [0.717, 1.165) is 0 Å². The predicted molar refractivity (Wildman–Crippen MR) is 73.4 cm³/mol. The molecule has 0 bridgehead atoms. The molecule has 1 aromatic rings. The number of nitrogen functional groups attached to an aromatic ring is 1. The minimum Gasteiger partial charge on any atom is -0.396 e. The number of nitrogens with zero attached hydrogens (tertiary/aromatic N) is 2. The fraction of sp³-hybridized carbons (Fsp3) is 0.615. The number of anilines is 1. The zero-order valence-electron chi connectivity index (χ0n) is 11.8. The first-order chi connectivity index (χ1) is 9.58. The van der Waals surface area contributed by atoms with Gasteiger partial charge in [0.25, 0.3) is 5.91 Å². The molecule has 7 heteroatoms. The second-order valence-corrected chi connectivity index (χ2v) is 4.96. The van der Waals surface area contributed by atoms with Crippen LogP contribution >= 0.6 is 0 Å². The summed E-state index contributed by atoms with van der Waals surface area (Å²) in [5.74, 6) is 0.416. The second kappa shape index (κ2) is 6.62. The number of rotatable bonds is 4. The molecule has 7 nitrogen and oxygen atoms in total. The van der Waals surface area contributed by atoms with Crippen molar-refractivity contribution in [2.45, 2.75) is 25.9 Å².